The van der Waals surface area contributed by atoms with Crippen molar-refractivity contribution in [1.82, 2.24) is 0 Å². The van der Waals surface area contributed by atoms with Gasteiger partial charge in [0.05, 0.1) is 10.7 Å². The van der Waals surface area contributed by atoms with Gasteiger partial charge in [-0.1, -0.05) is 11.6 Å². The molecule has 0 heterocycles. The first-order chi connectivity index (χ1) is 8.47. The van der Waals surface area contributed by atoms with E-state index in [-0.39, 0.29) is 16.1 Å². The van der Waals surface area contributed by atoms with Crippen LogP contribution in [0.3, 0.4) is 0 Å². The molecule has 2 aromatic rings. The lowest BCUT2D eigenvalue weighted by Gasteiger charge is -2.04. The lowest BCUT2D eigenvalue weighted by molar-refractivity contribution is 0.103. The van der Waals surface area contributed by atoms with E-state index in [9.17, 15) is 13.6 Å². The Morgan fingerprint density at radius 3 is 2.17 bits per heavy atom. The van der Waals surface area contributed by atoms with E-state index in [1.165, 1.54) is 18.2 Å². The molecule has 92 valence electrons. The molecule has 18 heavy (non-hydrogen) atoms. The van der Waals surface area contributed by atoms with Crippen LogP contribution in [0.5, 0.6) is 0 Å². The summed E-state index contributed by atoms with van der Waals surface area (Å²) >= 11 is 5.78. The van der Waals surface area contributed by atoms with Gasteiger partial charge in [0, 0.05) is 17.2 Å². The quantitative estimate of drug-likeness (QED) is 0.669. The Morgan fingerprint density at radius 1 is 1.00 bits per heavy atom. The van der Waals surface area contributed by atoms with Crippen LogP contribution in [0.2, 0.25) is 5.02 Å². The normalized spacial score (nSPS) is 10.4. The van der Waals surface area contributed by atoms with Crippen molar-refractivity contribution in [3.63, 3.8) is 0 Å². The van der Waals surface area contributed by atoms with Crippen LogP contribution in [0.1, 0.15) is 15.9 Å². The second kappa shape index (κ2) is 4.74. The molecule has 2 rings (SSSR count). The monoisotopic (exact) mass is 267 g/mol. The molecule has 5 heteroatoms. The van der Waals surface area contributed by atoms with Gasteiger partial charge in [-0.15, -0.1) is 0 Å². The number of ketones is 1. The molecular formula is C13H8ClF2NO. The Bertz CT molecular complexity index is 608. The maximum absolute atomic E-state index is 13.0. The molecule has 0 aliphatic carbocycles. The molecule has 0 amide bonds. The van der Waals surface area contributed by atoms with Crippen LogP contribution in [-0.2, 0) is 0 Å². The van der Waals surface area contributed by atoms with Crippen LogP contribution < -0.4 is 5.73 Å². The molecule has 0 bridgehead atoms. The largest absolute Gasteiger partial charge is 0.398 e. The van der Waals surface area contributed by atoms with E-state index in [0.717, 1.165) is 12.1 Å². The lowest BCUT2D eigenvalue weighted by atomic mass is 10.0. The molecule has 0 atom stereocenters. The van der Waals surface area contributed by atoms with Crippen LogP contribution in [-0.4, -0.2) is 5.78 Å². The highest BCUT2D eigenvalue weighted by Crippen LogP contribution is 2.22. The van der Waals surface area contributed by atoms with E-state index < -0.39 is 17.4 Å². The van der Waals surface area contributed by atoms with Gasteiger partial charge in [0.15, 0.2) is 5.78 Å². The molecule has 0 spiro atoms. The number of nitrogen functional groups attached to an aromatic ring is 1. The second-order valence-corrected chi connectivity index (χ2v) is 4.13. The van der Waals surface area contributed by atoms with Crippen molar-refractivity contribution in [2.45, 2.75) is 0 Å². The first-order valence-electron chi connectivity index (χ1n) is 5.03. The van der Waals surface area contributed by atoms with Gasteiger partial charge in [-0.05, 0) is 30.3 Å². The maximum Gasteiger partial charge on any atom is 0.193 e. The summed E-state index contributed by atoms with van der Waals surface area (Å²) in [6.45, 7) is 0. The average molecular weight is 268 g/mol. The number of hydrogen-bond acceptors (Lipinski definition) is 2. The van der Waals surface area contributed by atoms with Gasteiger partial charge < -0.3 is 5.73 Å². The van der Waals surface area contributed by atoms with Crippen LogP contribution >= 0.6 is 11.6 Å². The Morgan fingerprint density at radius 2 is 1.61 bits per heavy atom. The Hall–Kier alpha value is -1.94. The summed E-state index contributed by atoms with van der Waals surface area (Å²) in [4.78, 5) is 12.0. The smallest absolute Gasteiger partial charge is 0.193 e. The Balaban J connectivity index is 2.44. The molecule has 0 aromatic heterocycles. The average Bonchev–Trinajstić information content (AvgIpc) is 2.30. The van der Waals surface area contributed by atoms with Gasteiger partial charge in [0.25, 0.3) is 0 Å². The number of nitrogens with two attached hydrogens (primary N) is 1. The molecule has 0 radical (unpaired) electrons. The molecule has 2 nitrogen and oxygen atoms in total. The molecule has 0 aliphatic rings. The van der Waals surface area contributed by atoms with Gasteiger partial charge in [-0.2, -0.15) is 0 Å². The third-order valence-corrected chi connectivity index (χ3v) is 2.71. The summed E-state index contributed by atoms with van der Waals surface area (Å²) < 4.78 is 26.0. The number of halogens is 3. The molecular weight excluding hydrogens is 260 g/mol. The standard InChI is InChI=1S/C13H8ClF2NO/c14-11-5-7(1-2-12(11)17)13(18)8-3-9(15)6-10(16)4-8/h1-6H,17H2. The van der Waals surface area contributed by atoms with Crippen molar-refractivity contribution < 1.29 is 13.6 Å². The molecule has 2 N–H and O–H groups in total. The fourth-order valence-corrected chi connectivity index (χ4v) is 1.70. The second-order valence-electron chi connectivity index (χ2n) is 3.72. The van der Waals surface area contributed by atoms with Crippen LogP contribution in [0.25, 0.3) is 0 Å². The summed E-state index contributed by atoms with van der Waals surface area (Å²) in [5.74, 6) is -2.13. The number of benzene rings is 2. The fourth-order valence-electron chi connectivity index (χ4n) is 1.52. The van der Waals surface area contributed by atoms with Gasteiger partial charge in [0.1, 0.15) is 11.6 Å². The van der Waals surface area contributed by atoms with Gasteiger partial charge >= 0.3 is 0 Å². The van der Waals surface area contributed by atoms with Crippen molar-refractivity contribution in [1.29, 1.82) is 0 Å². The van der Waals surface area contributed by atoms with E-state index in [1.54, 1.807) is 0 Å². The zero-order valence-electron chi connectivity index (χ0n) is 9.08. The minimum absolute atomic E-state index is 0.0756. The first-order valence-corrected chi connectivity index (χ1v) is 5.41. The first kappa shape index (κ1) is 12.5. The molecule has 2 aromatic carbocycles. The number of rotatable bonds is 2. The van der Waals surface area contributed by atoms with Crippen molar-refractivity contribution in [2.75, 3.05) is 5.73 Å². The molecule has 0 saturated heterocycles. The molecule has 0 aliphatic heterocycles. The highest BCUT2D eigenvalue weighted by atomic mass is 35.5. The molecule has 0 saturated carbocycles. The third kappa shape index (κ3) is 2.49. The summed E-state index contributed by atoms with van der Waals surface area (Å²) in [5.41, 5.74) is 5.99. The summed E-state index contributed by atoms with van der Waals surface area (Å²) in [7, 11) is 0. The zero-order valence-corrected chi connectivity index (χ0v) is 9.84. The lowest BCUT2D eigenvalue weighted by Crippen LogP contribution is -2.03. The maximum atomic E-state index is 13.0. The van der Waals surface area contributed by atoms with Crippen LogP contribution in [0, 0.1) is 11.6 Å². The number of anilines is 1. The van der Waals surface area contributed by atoms with Crippen molar-refractivity contribution in [3.8, 4) is 0 Å². The van der Waals surface area contributed by atoms with Crippen LogP contribution in [0.15, 0.2) is 36.4 Å². The Labute approximate surface area is 107 Å². The van der Waals surface area contributed by atoms with E-state index in [2.05, 4.69) is 0 Å². The summed E-state index contributed by atoms with van der Waals surface area (Å²) in [6.07, 6.45) is 0. The Kier molecular flexibility index (Phi) is 3.30. The van der Waals surface area contributed by atoms with E-state index >= 15 is 0 Å². The zero-order chi connectivity index (χ0) is 13.3. The van der Waals surface area contributed by atoms with Crippen molar-refractivity contribution in [2.24, 2.45) is 0 Å². The van der Waals surface area contributed by atoms with Gasteiger partial charge in [-0.25, -0.2) is 8.78 Å². The predicted octanol–water partition coefficient (Wildman–Crippen LogP) is 3.43. The summed E-state index contributed by atoms with van der Waals surface area (Å²) in [5, 5.41) is 0.220. The van der Waals surface area contributed by atoms with Gasteiger partial charge in [-0.3, -0.25) is 4.79 Å². The number of hydrogen-bond donors (Lipinski definition) is 1. The van der Waals surface area contributed by atoms with E-state index in [4.69, 9.17) is 17.3 Å². The van der Waals surface area contributed by atoms with E-state index in [0.29, 0.717) is 11.8 Å². The van der Waals surface area contributed by atoms with Gasteiger partial charge in [0.2, 0.25) is 0 Å². The minimum Gasteiger partial charge on any atom is -0.398 e. The number of carbonyl (C=O) groups is 1. The van der Waals surface area contributed by atoms with Crippen molar-refractivity contribution >= 4 is 23.1 Å². The fraction of sp³-hybridized carbons (Fsp3) is 0. The highest BCUT2D eigenvalue weighted by molar-refractivity contribution is 6.33. The molecule has 0 unspecified atom stereocenters. The predicted molar refractivity (Wildman–Crippen MR) is 65.7 cm³/mol. The van der Waals surface area contributed by atoms with Crippen molar-refractivity contribution in [3.05, 3.63) is 64.2 Å². The topological polar surface area (TPSA) is 43.1 Å². The minimum atomic E-state index is -0.806. The summed E-state index contributed by atoms with van der Waals surface area (Å²) in [6, 6.07) is 6.91. The number of carbonyl (C=O) groups excluding carboxylic acids is 1. The highest BCUT2D eigenvalue weighted by Gasteiger charge is 2.12. The van der Waals surface area contributed by atoms with E-state index in [1.807, 2.05) is 0 Å². The van der Waals surface area contributed by atoms with Crippen LogP contribution in [0.4, 0.5) is 14.5 Å². The molecule has 0 fully saturated rings. The SMILES string of the molecule is Nc1ccc(C(=O)c2cc(F)cc(F)c2)cc1Cl. The third-order valence-electron chi connectivity index (χ3n) is 2.39.